The van der Waals surface area contributed by atoms with Crippen molar-refractivity contribution < 1.29 is 0 Å². The van der Waals surface area contributed by atoms with Crippen LogP contribution in [0.15, 0.2) is 47.4 Å². The van der Waals surface area contributed by atoms with Crippen molar-refractivity contribution >= 4 is 22.4 Å². The van der Waals surface area contributed by atoms with Gasteiger partial charge in [-0.1, -0.05) is 30.3 Å². The number of aromatic nitrogens is 2. The lowest BCUT2D eigenvalue weighted by atomic mass is 10.1. The highest BCUT2D eigenvalue weighted by molar-refractivity contribution is 7.09. The van der Waals surface area contributed by atoms with Crippen molar-refractivity contribution in [2.45, 2.75) is 13.0 Å². The molecule has 0 amide bonds. The van der Waals surface area contributed by atoms with E-state index in [4.69, 9.17) is 0 Å². The number of nitrogens with zero attached hydrogens (tertiary/aromatic N) is 2. The second-order valence-electron chi connectivity index (χ2n) is 3.88. The van der Waals surface area contributed by atoms with Crippen LogP contribution in [0.2, 0.25) is 0 Å². The van der Waals surface area contributed by atoms with Crippen LogP contribution in [0.4, 0.5) is 0 Å². The molecule has 3 aromatic rings. The van der Waals surface area contributed by atoms with Gasteiger partial charge in [0.2, 0.25) is 0 Å². The van der Waals surface area contributed by atoms with Crippen molar-refractivity contribution in [3.8, 4) is 0 Å². The second kappa shape index (κ2) is 3.76. The standard InChI is InChI=1S/C13H12N2S/c1-10(11-5-3-2-4-6-11)15-9-14-12-7-16-8-13(12)15/h2-10H,1H3/t10-/m0/s1. The van der Waals surface area contributed by atoms with Crippen molar-refractivity contribution in [2.75, 3.05) is 0 Å². The van der Waals surface area contributed by atoms with E-state index in [0.29, 0.717) is 6.04 Å². The maximum atomic E-state index is 4.40. The van der Waals surface area contributed by atoms with Crippen LogP contribution in [0.25, 0.3) is 11.0 Å². The van der Waals surface area contributed by atoms with E-state index in [1.54, 1.807) is 11.3 Å². The molecule has 1 atom stereocenters. The number of rotatable bonds is 2. The largest absolute Gasteiger partial charge is 0.323 e. The Hall–Kier alpha value is -1.61. The third-order valence-electron chi connectivity index (χ3n) is 2.92. The molecule has 0 saturated heterocycles. The zero-order valence-electron chi connectivity index (χ0n) is 9.00. The van der Waals surface area contributed by atoms with E-state index in [1.165, 1.54) is 11.1 Å². The average Bonchev–Trinajstić information content (AvgIpc) is 2.91. The lowest BCUT2D eigenvalue weighted by molar-refractivity contribution is 0.658. The van der Waals surface area contributed by atoms with Crippen LogP contribution in [0.5, 0.6) is 0 Å². The SMILES string of the molecule is C[C@@H](c1ccccc1)n1cnc2cscc21. The number of hydrogen-bond donors (Lipinski definition) is 0. The van der Waals surface area contributed by atoms with Crippen LogP contribution in [-0.2, 0) is 0 Å². The Morgan fingerprint density at radius 1 is 1.19 bits per heavy atom. The third-order valence-corrected chi connectivity index (χ3v) is 3.64. The van der Waals surface area contributed by atoms with Crippen LogP contribution in [0, 0.1) is 0 Å². The third kappa shape index (κ3) is 1.44. The minimum Gasteiger partial charge on any atom is -0.323 e. The predicted molar refractivity (Wildman–Crippen MR) is 67.9 cm³/mol. The molecule has 0 saturated carbocycles. The summed E-state index contributed by atoms with van der Waals surface area (Å²) < 4.78 is 2.22. The molecule has 2 aromatic heterocycles. The van der Waals surface area contributed by atoms with Gasteiger partial charge in [-0.05, 0) is 12.5 Å². The first kappa shape index (κ1) is 9.60. The summed E-state index contributed by atoms with van der Waals surface area (Å²) in [5.74, 6) is 0. The predicted octanol–water partition coefficient (Wildman–Crippen LogP) is 3.71. The van der Waals surface area contributed by atoms with Crippen LogP contribution >= 0.6 is 11.3 Å². The second-order valence-corrected chi connectivity index (χ2v) is 4.62. The fourth-order valence-electron chi connectivity index (χ4n) is 1.96. The van der Waals surface area contributed by atoms with Gasteiger partial charge in [-0.25, -0.2) is 4.98 Å². The molecular weight excluding hydrogens is 216 g/mol. The average molecular weight is 228 g/mol. The molecule has 0 radical (unpaired) electrons. The van der Waals surface area contributed by atoms with E-state index in [0.717, 1.165) is 5.52 Å². The smallest absolute Gasteiger partial charge is 0.0992 e. The Bertz CT molecular complexity index is 594. The molecule has 0 unspecified atom stereocenters. The molecule has 0 N–H and O–H groups in total. The first-order valence-electron chi connectivity index (χ1n) is 5.30. The van der Waals surface area contributed by atoms with Gasteiger partial charge in [0.1, 0.15) is 0 Å². The van der Waals surface area contributed by atoms with Crippen molar-refractivity contribution in [1.29, 1.82) is 0 Å². The molecule has 0 aliphatic heterocycles. The lowest BCUT2D eigenvalue weighted by Gasteiger charge is -2.13. The zero-order valence-corrected chi connectivity index (χ0v) is 9.82. The molecule has 16 heavy (non-hydrogen) atoms. The van der Waals surface area contributed by atoms with Gasteiger partial charge in [-0.2, -0.15) is 0 Å². The Morgan fingerprint density at radius 3 is 2.81 bits per heavy atom. The van der Waals surface area contributed by atoms with E-state index in [9.17, 15) is 0 Å². The van der Waals surface area contributed by atoms with Gasteiger partial charge >= 0.3 is 0 Å². The Kier molecular flexibility index (Phi) is 2.26. The number of imidazole rings is 1. The molecule has 3 heteroatoms. The maximum absolute atomic E-state index is 4.40. The van der Waals surface area contributed by atoms with E-state index < -0.39 is 0 Å². The highest BCUT2D eigenvalue weighted by atomic mass is 32.1. The van der Waals surface area contributed by atoms with E-state index in [1.807, 2.05) is 12.4 Å². The first-order valence-corrected chi connectivity index (χ1v) is 6.24. The summed E-state index contributed by atoms with van der Waals surface area (Å²) in [4.78, 5) is 4.40. The van der Waals surface area contributed by atoms with Crippen LogP contribution in [0.3, 0.4) is 0 Å². The molecule has 0 fully saturated rings. The Labute approximate surface area is 98.2 Å². The van der Waals surface area contributed by atoms with Crippen LogP contribution in [0.1, 0.15) is 18.5 Å². The topological polar surface area (TPSA) is 17.8 Å². The molecule has 1 aromatic carbocycles. The fourth-order valence-corrected chi connectivity index (χ4v) is 2.71. The number of benzene rings is 1. The summed E-state index contributed by atoms with van der Waals surface area (Å²) in [5, 5.41) is 4.24. The lowest BCUT2D eigenvalue weighted by Crippen LogP contribution is -2.04. The molecular formula is C13H12N2S. The van der Waals surface area contributed by atoms with Crippen LogP contribution < -0.4 is 0 Å². The maximum Gasteiger partial charge on any atom is 0.0992 e. The monoisotopic (exact) mass is 228 g/mol. The molecule has 2 heterocycles. The molecule has 0 spiro atoms. The van der Waals surface area contributed by atoms with Gasteiger partial charge in [0.25, 0.3) is 0 Å². The quantitative estimate of drug-likeness (QED) is 0.654. The highest BCUT2D eigenvalue weighted by Gasteiger charge is 2.11. The van der Waals surface area contributed by atoms with Crippen molar-refractivity contribution in [3.63, 3.8) is 0 Å². The van der Waals surface area contributed by atoms with Gasteiger partial charge in [0.15, 0.2) is 0 Å². The van der Waals surface area contributed by atoms with Crippen LogP contribution in [-0.4, -0.2) is 9.55 Å². The summed E-state index contributed by atoms with van der Waals surface area (Å²) in [6.07, 6.45) is 1.93. The van der Waals surface area contributed by atoms with E-state index >= 15 is 0 Å². The number of thiophene rings is 1. The summed E-state index contributed by atoms with van der Waals surface area (Å²) in [5.41, 5.74) is 3.63. The van der Waals surface area contributed by atoms with Gasteiger partial charge in [0, 0.05) is 10.8 Å². The Morgan fingerprint density at radius 2 is 2.00 bits per heavy atom. The normalized spacial score (nSPS) is 13.1. The summed E-state index contributed by atoms with van der Waals surface area (Å²) in [6, 6.07) is 10.8. The van der Waals surface area contributed by atoms with Crippen molar-refractivity contribution in [3.05, 3.63) is 53.0 Å². The molecule has 80 valence electrons. The summed E-state index contributed by atoms with van der Waals surface area (Å²) in [7, 11) is 0. The summed E-state index contributed by atoms with van der Waals surface area (Å²) >= 11 is 1.70. The van der Waals surface area contributed by atoms with E-state index in [-0.39, 0.29) is 0 Å². The Balaban J connectivity index is 2.08. The molecule has 0 aliphatic carbocycles. The summed E-state index contributed by atoms with van der Waals surface area (Å²) in [6.45, 7) is 2.20. The minimum atomic E-state index is 0.334. The fraction of sp³-hybridized carbons (Fsp3) is 0.154. The first-order chi connectivity index (χ1) is 7.86. The van der Waals surface area contributed by atoms with Crippen molar-refractivity contribution in [2.24, 2.45) is 0 Å². The van der Waals surface area contributed by atoms with Gasteiger partial charge in [-0.3, -0.25) is 0 Å². The highest BCUT2D eigenvalue weighted by Crippen LogP contribution is 2.25. The zero-order chi connectivity index (χ0) is 11.0. The number of hydrogen-bond acceptors (Lipinski definition) is 2. The van der Waals surface area contributed by atoms with E-state index in [2.05, 4.69) is 51.5 Å². The van der Waals surface area contributed by atoms with Gasteiger partial charge < -0.3 is 4.57 Å². The molecule has 0 aliphatic rings. The number of fused-ring (bicyclic) bond motifs is 1. The minimum absolute atomic E-state index is 0.334. The van der Waals surface area contributed by atoms with Crippen molar-refractivity contribution in [1.82, 2.24) is 9.55 Å². The molecule has 2 nitrogen and oxygen atoms in total. The van der Waals surface area contributed by atoms with Gasteiger partial charge in [-0.15, -0.1) is 11.3 Å². The molecule has 3 rings (SSSR count). The molecule has 0 bridgehead atoms. The van der Waals surface area contributed by atoms with Gasteiger partial charge in [0.05, 0.1) is 23.4 Å².